The van der Waals surface area contributed by atoms with E-state index in [9.17, 15) is 92.0 Å². The molecule has 1 aliphatic heterocycles. The number of imidazole rings is 1. The lowest BCUT2D eigenvalue weighted by molar-refractivity contribution is -0.142. The number of likely N-dealkylation sites (tertiary alicyclic amines) is 1. The van der Waals surface area contributed by atoms with E-state index in [1.54, 1.807) is 0 Å². The van der Waals surface area contributed by atoms with Crippen molar-refractivity contribution in [2.45, 2.75) is 137 Å². The van der Waals surface area contributed by atoms with E-state index in [4.69, 9.17) is 22.3 Å². The third-order valence-corrected chi connectivity index (χ3v) is 15.5. The smallest absolute Gasteiger partial charge is 0.327 e. The van der Waals surface area contributed by atoms with Crippen molar-refractivity contribution < 1.29 is 97.1 Å². The van der Waals surface area contributed by atoms with Crippen LogP contribution in [0.1, 0.15) is 63.1 Å². The number of phenolic OH excluding ortho intramolecular Hbond substituents is 1. The molecule has 14 amide bonds. The summed E-state index contributed by atoms with van der Waals surface area (Å²) in [4.78, 5) is 217. The summed E-state index contributed by atoms with van der Waals surface area (Å²) in [6.45, 7) is -0.710. The number of primary amides is 2. The maximum atomic E-state index is 14.3. The average molecular weight is 1410 g/mol. The predicted molar refractivity (Wildman–Crippen MR) is 344 cm³/mol. The van der Waals surface area contributed by atoms with E-state index < -0.39 is 218 Å². The predicted octanol–water partition coefficient (Wildman–Crippen LogP) is -9.00. The van der Waals surface area contributed by atoms with Gasteiger partial charge in [-0.3, -0.25) is 71.9 Å². The van der Waals surface area contributed by atoms with Crippen LogP contribution in [0.25, 0.3) is 0 Å². The fraction of sp³-hybridized carbons (Fsp3) is 0.537. The largest absolute Gasteiger partial charge is 0.508 e. The zero-order chi connectivity index (χ0) is 71.2. The van der Waals surface area contributed by atoms with Gasteiger partial charge in [-0.15, -0.1) is 0 Å². The minimum atomic E-state index is -1.93. The van der Waals surface area contributed by atoms with Gasteiger partial charge >= 0.3 is 11.9 Å². The molecule has 0 bridgehead atoms. The number of carbonyl (C=O) groups excluding carboxylic acids is 14. The van der Waals surface area contributed by atoms with E-state index in [1.165, 1.54) is 48.6 Å². The maximum Gasteiger partial charge on any atom is 0.327 e. The number of carboxylic acid groups (broad SMARTS) is 2. The molecule has 0 radical (unpaired) electrons. The molecule has 524 valence electrons. The number of nitrogens with one attached hydrogen (secondary N) is 12. The van der Waals surface area contributed by atoms with Gasteiger partial charge in [-0.1, -0.05) is 12.1 Å². The number of nitrogens with zero attached hydrogens (tertiary/aromatic N) is 2. The van der Waals surface area contributed by atoms with E-state index in [1.807, 2.05) is 0 Å². The van der Waals surface area contributed by atoms with Crippen LogP contribution in [0.5, 0.6) is 5.75 Å². The van der Waals surface area contributed by atoms with Gasteiger partial charge in [0.1, 0.15) is 72.2 Å². The number of hydrogen-bond donors (Lipinski definition) is 23. The third-order valence-electron chi connectivity index (χ3n) is 14.1. The first-order valence-electron chi connectivity index (χ1n) is 29.0. The highest BCUT2D eigenvalue weighted by Crippen LogP contribution is 2.20. The van der Waals surface area contributed by atoms with E-state index >= 15 is 0 Å². The average Bonchev–Trinajstić information content (AvgIpc) is 1.76. The number of H-pyrrole nitrogens is 1. The summed E-state index contributed by atoms with van der Waals surface area (Å²) in [6, 6.07) is -13.0. The second-order valence-corrected chi connectivity index (χ2v) is 22.8. The Balaban J connectivity index is 1.70. The van der Waals surface area contributed by atoms with Crippen LogP contribution in [-0.4, -0.2) is 245 Å². The van der Waals surface area contributed by atoms with Crippen molar-refractivity contribution in [3.63, 3.8) is 0 Å². The SMILES string of the molecule is C[C@H](NC(=O)[C@@H]1CCCN1C(=O)[C@H](Cc1cnc[nH]1)NC(=O)[C@H](CS)NC(=O)[C@H](CS)NC(=O)[C@@H](N)CCC(=O)O)C(=O)N[C@@H](CS)C(=O)NCC(=O)N[C@@H](CCC(N)=O)C(=O)N[C@@H](CC(N)=O)C(=O)N[C@@H](Cc1ccc(O)cc1)C(=O)N[C@@H](CO)C(=O)N[C@@H](CS)C(=O)O. The molecule has 1 aromatic heterocycles. The summed E-state index contributed by atoms with van der Waals surface area (Å²) in [5, 5.41) is 63.6. The lowest BCUT2D eigenvalue weighted by atomic mass is 10.0. The molecule has 0 aliphatic carbocycles. The van der Waals surface area contributed by atoms with Gasteiger partial charge in [0.25, 0.3) is 0 Å². The number of aliphatic carboxylic acids is 2. The van der Waals surface area contributed by atoms with E-state index in [0.717, 1.165) is 0 Å². The fourth-order valence-electron chi connectivity index (χ4n) is 8.85. The van der Waals surface area contributed by atoms with Crippen LogP contribution in [0.3, 0.4) is 0 Å². The molecule has 1 aromatic carbocycles. The number of carbonyl (C=O) groups is 16. The molecule has 1 aliphatic rings. The first-order chi connectivity index (χ1) is 44.9. The Bertz CT molecular complexity index is 3080. The van der Waals surface area contributed by atoms with Crippen LogP contribution < -0.4 is 75.7 Å². The van der Waals surface area contributed by atoms with Gasteiger partial charge in [-0.2, -0.15) is 50.5 Å². The number of carboxylic acids is 2. The Hall–Kier alpha value is -8.93. The molecule has 12 atom stereocenters. The number of benzene rings is 1. The first kappa shape index (κ1) is 80.3. The molecule has 1 fully saturated rings. The van der Waals surface area contributed by atoms with Gasteiger partial charge in [-0.25, -0.2) is 9.78 Å². The summed E-state index contributed by atoms with van der Waals surface area (Å²) in [5.74, 6) is -18.4. The lowest BCUT2D eigenvalue weighted by Gasteiger charge is -2.30. The molecular formula is C54H79N17O20S4. The zero-order valence-corrected chi connectivity index (χ0v) is 54.5. The highest BCUT2D eigenvalue weighted by atomic mass is 32.1. The number of amides is 14. The molecule has 0 spiro atoms. The topological polar surface area (TPSA) is 596 Å². The molecular weight excluding hydrogens is 1330 g/mol. The normalized spacial score (nSPS) is 16.0. The van der Waals surface area contributed by atoms with Gasteiger partial charge in [0.05, 0.1) is 31.9 Å². The molecule has 3 rings (SSSR count). The summed E-state index contributed by atoms with van der Waals surface area (Å²) < 4.78 is 0. The van der Waals surface area contributed by atoms with Gasteiger partial charge in [-0.05, 0) is 50.3 Å². The zero-order valence-electron chi connectivity index (χ0n) is 50.9. The first-order valence-corrected chi connectivity index (χ1v) is 31.6. The van der Waals surface area contributed by atoms with Crippen LogP contribution >= 0.6 is 50.5 Å². The Kier molecular flexibility index (Phi) is 34.1. The van der Waals surface area contributed by atoms with Crippen LogP contribution in [0.2, 0.25) is 0 Å². The van der Waals surface area contributed by atoms with Crippen molar-refractivity contribution in [1.29, 1.82) is 0 Å². The number of aromatic amines is 1. The summed E-state index contributed by atoms with van der Waals surface area (Å²) >= 11 is 16.3. The highest BCUT2D eigenvalue weighted by Gasteiger charge is 2.41. The third kappa shape index (κ3) is 27.1. The lowest BCUT2D eigenvalue weighted by Crippen LogP contribution is -2.60. The number of aliphatic hydroxyl groups is 1. The molecule has 41 heteroatoms. The summed E-state index contributed by atoms with van der Waals surface area (Å²) in [7, 11) is 0. The molecule has 0 saturated carbocycles. The Labute approximate surface area is 564 Å². The highest BCUT2D eigenvalue weighted by molar-refractivity contribution is 7.80. The Morgan fingerprint density at radius 2 is 1.09 bits per heavy atom. The van der Waals surface area contributed by atoms with Crippen LogP contribution in [-0.2, 0) is 89.6 Å². The number of phenols is 1. The quantitative estimate of drug-likeness (QED) is 0.0275. The van der Waals surface area contributed by atoms with Gasteiger partial charge in [0, 0.05) is 67.1 Å². The van der Waals surface area contributed by atoms with Crippen molar-refractivity contribution in [1.82, 2.24) is 73.4 Å². The number of rotatable bonds is 41. The molecule has 22 N–H and O–H groups in total. The second-order valence-electron chi connectivity index (χ2n) is 21.4. The van der Waals surface area contributed by atoms with Crippen LogP contribution in [0, 0.1) is 0 Å². The van der Waals surface area contributed by atoms with Crippen molar-refractivity contribution in [3.05, 3.63) is 48.0 Å². The van der Waals surface area contributed by atoms with Crippen LogP contribution in [0.4, 0.5) is 0 Å². The standard InChI is InChI=1S/C54H79N17O20S4/c1-24(61-52(88)38-3-2-12-71(38)53(89)32(14-26-16-58-23-60-26)65-50(86)36(21-94)69-51(87)35(20-93)68-44(80)28(55)8-11-42(77)78)43(79)67-34(19-92)45(81)59-17-41(76)62-29(9-10-39(56)74)46(82)64-31(15-40(57)75)48(84)63-30(13-25-4-6-27(73)7-5-25)47(83)66-33(18-72)49(85)70-37(22-95)54(90)91/h4-7,16,23-24,28-38,72-73,92-95H,2-3,8-15,17-22,55H2,1H3,(H2,56,74)(H2,57,75)(H,58,60)(H,59,81)(H,61,88)(H,62,76)(H,63,84)(H,64,82)(H,65,86)(H,66,83)(H,67,79)(H,68,80)(H,69,87)(H,70,85)(H,77,78)(H,90,91)/t24-,28-,29-,30-,31-,32-,33-,34-,35-,36-,37-,38-/m0/s1. The Morgan fingerprint density at radius 3 is 1.64 bits per heavy atom. The monoisotopic (exact) mass is 1410 g/mol. The van der Waals surface area contributed by atoms with Gasteiger partial charge < -0.3 is 106 Å². The molecule has 0 unspecified atom stereocenters. The van der Waals surface area contributed by atoms with Crippen molar-refractivity contribution in [2.75, 3.05) is 42.7 Å². The number of aromatic nitrogens is 2. The van der Waals surface area contributed by atoms with Gasteiger partial charge in [0.2, 0.25) is 82.7 Å². The molecule has 1 saturated heterocycles. The minimum absolute atomic E-state index is 0.0135. The van der Waals surface area contributed by atoms with Crippen molar-refractivity contribution in [2.24, 2.45) is 17.2 Å². The molecule has 2 heterocycles. The molecule has 37 nitrogen and oxygen atoms in total. The molecule has 2 aromatic rings. The summed E-state index contributed by atoms with van der Waals surface area (Å²) in [5.41, 5.74) is 17.2. The second kappa shape index (κ2) is 40.3. The van der Waals surface area contributed by atoms with Crippen LogP contribution in [0.15, 0.2) is 36.8 Å². The summed E-state index contributed by atoms with van der Waals surface area (Å²) in [6.07, 6.45) is -0.209. The molecule has 95 heavy (non-hydrogen) atoms. The maximum absolute atomic E-state index is 14.3. The fourth-order valence-corrected chi connectivity index (χ4v) is 9.87. The van der Waals surface area contributed by atoms with Crippen molar-refractivity contribution in [3.8, 4) is 5.75 Å². The van der Waals surface area contributed by atoms with E-state index in [2.05, 4.69) is 119 Å². The van der Waals surface area contributed by atoms with Gasteiger partial charge in [0.15, 0.2) is 0 Å². The van der Waals surface area contributed by atoms with E-state index in [-0.39, 0.29) is 54.4 Å². The van der Waals surface area contributed by atoms with Crippen molar-refractivity contribution >= 4 is 145 Å². The van der Waals surface area contributed by atoms with E-state index in [0.29, 0.717) is 12.1 Å². The Morgan fingerprint density at radius 1 is 0.589 bits per heavy atom. The minimum Gasteiger partial charge on any atom is -0.508 e. The number of aliphatic hydroxyl groups excluding tert-OH is 1. The number of aromatic hydroxyl groups is 1. The number of hydrogen-bond acceptors (Lipinski definition) is 24. The number of nitrogens with two attached hydrogens (primary N) is 3. The number of thiol groups is 4.